The van der Waals surface area contributed by atoms with Crippen molar-refractivity contribution in [3.63, 3.8) is 0 Å². The van der Waals surface area contributed by atoms with Gasteiger partial charge in [0.2, 0.25) is 0 Å². The van der Waals surface area contributed by atoms with E-state index < -0.39 is 0 Å². The Morgan fingerprint density at radius 2 is 1.00 bits per heavy atom. The minimum Gasteiger partial charge on any atom is -0.507 e. The Kier molecular flexibility index (Phi) is 37.5. The molecule has 0 saturated heterocycles. The van der Waals surface area contributed by atoms with Gasteiger partial charge in [0.1, 0.15) is 23.0 Å². The molecular formula is C16H16BBr3Cl2I4O4S6. The third-order valence-electron chi connectivity index (χ3n) is 2.73. The molecule has 0 saturated carbocycles. The van der Waals surface area contributed by atoms with E-state index in [0.717, 1.165) is 31.5 Å². The van der Waals surface area contributed by atoms with E-state index in [1.165, 1.54) is 35.5 Å². The molecule has 2 aromatic carbocycles. The van der Waals surface area contributed by atoms with Crippen LogP contribution in [0.25, 0.3) is 0 Å². The highest BCUT2D eigenvalue weighted by molar-refractivity contribution is 14.1. The molecule has 0 bridgehead atoms. The third kappa shape index (κ3) is 25.7. The summed E-state index contributed by atoms with van der Waals surface area (Å²) in [5.74, 6) is 2.88. The summed E-state index contributed by atoms with van der Waals surface area (Å²) in [6.45, 7) is 0. The summed E-state index contributed by atoms with van der Waals surface area (Å²) in [6.07, 6.45) is 0. The number of rotatable bonds is 3. The predicted octanol–water partition coefficient (Wildman–Crippen LogP) is 9.09. The van der Waals surface area contributed by atoms with E-state index in [0.29, 0.717) is 5.75 Å². The molecule has 0 unspecified atom stereocenters. The van der Waals surface area contributed by atoms with Crippen LogP contribution in [0.2, 0.25) is 0 Å². The summed E-state index contributed by atoms with van der Waals surface area (Å²) in [5.41, 5.74) is 0. The van der Waals surface area contributed by atoms with Gasteiger partial charge in [0.25, 0.3) is 0 Å². The molecule has 1 N–H and O–H groups in total. The Morgan fingerprint density at radius 3 is 1.25 bits per heavy atom. The Morgan fingerprint density at radius 1 is 0.750 bits per heavy atom. The zero-order valence-corrected chi connectivity index (χ0v) is 37.9. The van der Waals surface area contributed by atoms with Crippen molar-refractivity contribution in [1.29, 1.82) is 0 Å². The van der Waals surface area contributed by atoms with Crippen molar-refractivity contribution in [2.24, 2.45) is 0 Å². The number of halogens is 9. The van der Waals surface area contributed by atoms with Crippen LogP contribution >= 0.6 is 161 Å². The van der Waals surface area contributed by atoms with Crippen LogP contribution < -0.4 is 14.2 Å². The molecule has 0 heterocycles. The zero-order valence-electron chi connectivity index (χ0n) is 18.1. The lowest BCUT2D eigenvalue weighted by Crippen LogP contribution is -1.92. The quantitative estimate of drug-likeness (QED) is 0.188. The molecule has 0 amide bonds. The van der Waals surface area contributed by atoms with Gasteiger partial charge >= 0.3 is 3.18 Å². The molecule has 0 aromatic heterocycles. The maximum absolute atomic E-state index is 9.25. The molecule has 2 rings (SSSR count). The molecule has 0 aliphatic rings. The van der Waals surface area contributed by atoms with Crippen molar-refractivity contribution in [2.75, 3.05) is 26.7 Å². The van der Waals surface area contributed by atoms with E-state index in [9.17, 15) is 5.11 Å². The van der Waals surface area contributed by atoms with Gasteiger partial charge in [-0.2, -0.15) is 0 Å². The summed E-state index contributed by atoms with van der Waals surface area (Å²) in [5, 5.41) is 9.45. The van der Waals surface area contributed by atoms with Gasteiger partial charge in [-0.3, -0.25) is 0 Å². The SMILES string of the molecule is BrB(Br)Br.COc1cc(I)c(O)cc1I.COc1cc(I)c(OC)cc1I.ClCCl.S=S=S=S=S=S. The van der Waals surface area contributed by atoms with E-state index in [1.54, 1.807) is 33.5 Å². The van der Waals surface area contributed by atoms with Crippen molar-refractivity contribution in [3.8, 4) is 23.0 Å². The smallest absolute Gasteiger partial charge is 0.369 e. The molecule has 0 radical (unpaired) electrons. The van der Waals surface area contributed by atoms with Crippen molar-refractivity contribution >= 4 is 222 Å². The molecule has 0 aliphatic heterocycles. The maximum atomic E-state index is 9.25. The molecule has 0 atom stereocenters. The topological polar surface area (TPSA) is 47.9 Å². The van der Waals surface area contributed by atoms with Crippen LogP contribution in [0.4, 0.5) is 0 Å². The van der Waals surface area contributed by atoms with Crippen LogP contribution in [-0.4, -0.2) is 35.0 Å². The highest BCUT2D eigenvalue weighted by atomic mass is 127. The van der Waals surface area contributed by atoms with E-state index in [1.807, 2.05) is 12.1 Å². The first-order chi connectivity index (χ1) is 16.9. The van der Waals surface area contributed by atoms with Gasteiger partial charge in [-0.15, -0.1) is 70.5 Å². The Bertz CT molecular complexity index is 1020. The van der Waals surface area contributed by atoms with E-state index in [2.05, 4.69) is 160 Å². The molecule has 206 valence electrons. The maximum Gasteiger partial charge on any atom is 0.369 e. The first-order valence-electron chi connectivity index (χ1n) is 8.15. The number of benzene rings is 2. The van der Waals surface area contributed by atoms with Crippen LogP contribution in [0.1, 0.15) is 0 Å². The number of alkyl halides is 2. The van der Waals surface area contributed by atoms with E-state index >= 15 is 0 Å². The highest BCUT2D eigenvalue weighted by Gasteiger charge is 2.06. The minimum atomic E-state index is 0.194. The second kappa shape index (κ2) is 30.4. The van der Waals surface area contributed by atoms with E-state index in [-0.39, 0.29) is 8.52 Å². The normalized spacial score (nSPS) is 8.44. The largest absolute Gasteiger partial charge is 0.507 e. The van der Waals surface area contributed by atoms with Gasteiger partial charge in [0.05, 0.1) is 40.9 Å². The van der Waals surface area contributed by atoms with Crippen molar-refractivity contribution in [2.45, 2.75) is 0 Å². The summed E-state index contributed by atoms with van der Waals surface area (Å²) < 4.78 is 19.5. The molecule has 4 nitrogen and oxygen atoms in total. The lowest BCUT2D eigenvalue weighted by molar-refractivity contribution is 0.398. The molecule has 0 fully saturated rings. The summed E-state index contributed by atoms with van der Waals surface area (Å²) >= 11 is 36.5. The van der Waals surface area contributed by atoms with Crippen LogP contribution in [0.15, 0.2) is 24.3 Å². The Balaban J connectivity index is -0.000000416. The van der Waals surface area contributed by atoms with Crippen LogP contribution in [-0.2, 0) is 57.9 Å². The molecular weight excluding hydrogens is 1280 g/mol. The van der Waals surface area contributed by atoms with Gasteiger partial charge in [-0.25, -0.2) is 0 Å². The number of ether oxygens (including phenoxy) is 3. The minimum absolute atomic E-state index is 0.194. The Labute approximate surface area is 323 Å². The fourth-order valence-corrected chi connectivity index (χ4v) is 9.44. The van der Waals surface area contributed by atoms with Crippen molar-refractivity contribution in [3.05, 3.63) is 38.5 Å². The standard InChI is InChI=1S/C8H8I2O2.C7H6I2O2.CH2Cl2.BBr3.S6/c1-11-7-3-6(10)8(12-2)4-5(7)9;1-11-7-3-4(8)6(10)2-5(7)9;2-1-3;2-1(3)4;1-3-5-6-4-2/h3-4H,1-2H3;2-3,10H,1H3;1H2;;. The predicted molar refractivity (Wildman–Crippen MR) is 218 cm³/mol. The van der Waals surface area contributed by atoms with Gasteiger partial charge in [0.15, 0.2) is 0 Å². The highest BCUT2D eigenvalue weighted by Crippen LogP contribution is 2.31. The molecule has 2 aromatic rings. The fraction of sp³-hybridized carbons (Fsp3) is 0.250. The fourth-order valence-electron chi connectivity index (χ4n) is 1.52. The van der Waals surface area contributed by atoms with Gasteiger partial charge in [-0.1, -0.05) is 0 Å². The lowest BCUT2D eigenvalue weighted by Gasteiger charge is -2.07. The first-order valence-corrected chi connectivity index (χ1v) is 22.9. The van der Waals surface area contributed by atoms with Gasteiger partial charge in [-0.05, 0) is 115 Å². The average Bonchev–Trinajstić information content (AvgIpc) is 2.82. The molecule has 20 heteroatoms. The number of hydrogen-bond acceptors (Lipinski definition) is 6. The van der Waals surface area contributed by atoms with E-state index in [4.69, 9.17) is 37.4 Å². The van der Waals surface area contributed by atoms with Crippen LogP contribution in [0.3, 0.4) is 0 Å². The van der Waals surface area contributed by atoms with Crippen molar-refractivity contribution in [1.82, 2.24) is 0 Å². The molecule has 0 aliphatic carbocycles. The summed E-state index contributed by atoms with van der Waals surface area (Å²) in [6, 6.07) is 7.40. The van der Waals surface area contributed by atoms with Crippen LogP contribution in [0.5, 0.6) is 23.0 Å². The number of hydrogen-bond donors (Lipinski definition) is 1. The third-order valence-corrected chi connectivity index (χ3v) is 12.8. The Hall–Kier alpha value is 3.96. The van der Waals surface area contributed by atoms with Gasteiger partial charge < -0.3 is 19.3 Å². The number of phenols is 1. The summed E-state index contributed by atoms with van der Waals surface area (Å²) in [7, 11) is 10.6. The van der Waals surface area contributed by atoms with Crippen LogP contribution in [0, 0.1) is 14.3 Å². The zero-order chi connectivity index (χ0) is 28.7. The van der Waals surface area contributed by atoms with Gasteiger partial charge in [0, 0.05) is 57.9 Å². The lowest BCUT2D eigenvalue weighted by atomic mass is 10.3. The molecule has 0 spiro atoms. The average molecular weight is 1290 g/mol. The molecule has 36 heavy (non-hydrogen) atoms. The van der Waals surface area contributed by atoms with Crippen molar-refractivity contribution < 1.29 is 19.3 Å². The monoisotopic (exact) mass is 1290 g/mol. The number of methoxy groups -OCH3 is 3. The second-order valence-electron chi connectivity index (χ2n) is 4.68. The first kappa shape index (κ1) is 44.4. The summed E-state index contributed by atoms with van der Waals surface area (Å²) in [4.78, 5) is 0. The number of aromatic hydroxyl groups is 1. The second-order valence-corrected chi connectivity index (χ2v) is 23.6. The number of phenolic OH excluding ortho intramolecular Hbond substituents is 1.